The molecule has 6 heteroatoms. The molecule has 132 valence electrons. The Balaban J connectivity index is 2.45. The molecule has 2 rings (SSSR count). The van der Waals surface area contributed by atoms with Gasteiger partial charge in [0.2, 0.25) is 10.0 Å². The lowest BCUT2D eigenvalue weighted by Gasteiger charge is -2.20. The summed E-state index contributed by atoms with van der Waals surface area (Å²) in [5, 5.41) is 4.89. The Labute approximate surface area is 145 Å². The molecule has 2 N–H and O–H groups in total. The highest BCUT2D eigenvalue weighted by Crippen LogP contribution is 2.30. The van der Waals surface area contributed by atoms with Crippen LogP contribution >= 0.6 is 0 Å². The number of anilines is 1. The van der Waals surface area contributed by atoms with Crippen LogP contribution in [0, 0.1) is 0 Å². The predicted molar refractivity (Wildman–Crippen MR) is 101 cm³/mol. The molecule has 24 heavy (non-hydrogen) atoms. The van der Waals surface area contributed by atoms with E-state index in [9.17, 15) is 8.42 Å². The van der Waals surface area contributed by atoms with E-state index < -0.39 is 10.0 Å². The minimum atomic E-state index is -3.60. The largest absolute Gasteiger partial charge is 0.377 e. The predicted octanol–water partition coefficient (Wildman–Crippen LogP) is 2.92. The third-order valence-electron chi connectivity index (χ3n) is 3.98. The number of fused-ring (bicyclic) bond motifs is 1. The summed E-state index contributed by atoms with van der Waals surface area (Å²) in [6, 6.07) is 11.2. The van der Waals surface area contributed by atoms with Crippen LogP contribution in [0.4, 0.5) is 5.69 Å². The molecule has 0 heterocycles. The fourth-order valence-electron chi connectivity index (χ4n) is 2.73. The molecule has 0 saturated heterocycles. The van der Waals surface area contributed by atoms with E-state index in [2.05, 4.69) is 17.0 Å². The summed E-state index contributed by atoms with van der Waals surface area (Å²) < 4.78 is 28.6. The van der Waals surface area contributed by atoms with E-state index in [1.165, 1.54) is 0 Å². The maximum atomic E-state index is 12.9. The van der Waals surface area contributed by atoms with Gasteiger partial charge in [-0.15, -0.1) is 0 Å². The zero-order valence-corrected chi connectivity index (χ0v) is 15.7. The second-order valence-corrected chi connectivity index (χ2v) is 7.74. The van der Waals surface area contributed by atoms with E-state index in [4.69, 9.17) is 0 Å². The number of hydrogen-bond acceptors (Lipinski definition) is 4. The number of benzene rings is 2. The van der Waals surface area contributed by atoms with Gasteiger partial charge < -0.3 is 10.2 Å². The molecule has 0 saturated carbocycles. The lowest BCUT2D eigenvalue weighted by molar-refractivity contribution is 0.464. The Hall–Kier alpha value is -1.63. The molecule has 1 atom stereocenters. The van der Waals surface area contributed by atoms with E-state index in [0.29, 0.717) is 11.3 Å². The number of sulfonamides is 1. The van der Waals surface area contributed by atoms with Crippen LogP contribution in [0.2, 0.25) is 0 Å². The van der Waals surface area contributed by atoms with Crippen molar-refractivity contribution in [3.63, 3.8) is 0 Å². The molecule has 2 aromatic rings. The normalized spacial score (nSPS) is 13.2. The summed E-state index contributed by atoms with van der Waals surface area (Å²) in [4.78, 5) is 2.31. The van der Waals surface area contributed by atoms with E-state index in [1.54, 1.807) is 12.1 Å². The SMILES string of the molecule is CCCNC(CC)NS(=O)(=O)c1cccc2c(N(C)C)cccc12. The lowest BCUT2D eigenvalue weighted by Crippen LogP contribution is -2.45. The van der Waals surface area contributed by atoms with Crippen molar-refractivity contribution in [3.05, 3.63) is 36.4 Å². The molecular formula is C18H27N3O2S. The van der Waals surface area contributed by atoms with Crippen LogP contribution in [-0.4, -0.2) is 35.2 Å². The fraction of sp³-hybridized carbons (Fsp3) is 0.444. The summed E-state index contributed by atoms with van der Waals surface area (Å²) in [5.74, 6) is 0. The first-order chi connectivity index (χ1) is 11.4. The summed E-state index contributed by atoms with van der Waals surface area (Å²) >= 11 is 0. The molecule has 0 aromatic heterocycles. The van der Waals surface area contributed by atoms with Crippen molar-refractivity contribution in [2.45, 2.75) is 37.8 Å². The topological polar surface area (TPSA) is 61.4 Å². The Morgan fingerprint density at radius 2 is 1.71 bits per heavy atom. The Kier molecular flexibility index (Phi) is 6.21. The van der Waals surface area contributed by atoms with Gasteiger partial charge in [-0.25, -0.2) is 8.42 Å². The smallest absolute Gasteiger partial charge is 0.242 e. The van der Waals surface area contributed by atoms with Crippen molar-refractivity contribution in [1.82, 2.24) is 10.0 Å². The molecule has 1 unspecified atom stereocenters. The monoisotopic (exact) mass is 349 g/mol. The van der Waals surface area contributed by atoms with Crippen molar-refractivity contribution in [2.75, 3.05) is 25.5 Å². The van der Waals surface area contributed by atoms with E-state index in [-0.39, 0.29) is 6.17 Å². The molecular weight excluding hydrogens is 322 g/mol. The average molecular weight is 350 g/mol. The van der Waals surface area contributed by atoms with Crippen LogP contribution in [0.15, 0.2) is 41.3 Å². The Bertz CT molecular complexity index is 788. The number of hydrogen-bond donors (Lipinski definition) is 2. The quantitative estimate of drug-likeness (QED) is 0.720. The third-order valence-corrected chi connectivity index (χ3v) is 5.51. The van der Waals surface area contributed by atoms with Crippen LogP contribution in [0.3, 0.4) is 0 Å². The highest BCUT2D eigenvalue weighted by Gasteiger charge is 2.21. The zero-order valence-electron chi connectivity index (χ0n) is 14.8. The summed E-state index contributed by atoms with van der Waals surface area (Å²) in [6.45, 7) is 4.80. The van der Waals surface area contributed by atoms with Crippen LogP contribution < -0.4 is 14.9 Å². The van der Waals surface area contributed by atoms with Gasteiger partial charge in [-0.05, 0) is 31.5 Å². The van der Waals surface area contributed by atoms with Crippen molar-refractivity contribution >= 4 is 26.5 Å². The summed E-state index contributed by atoms with van der Waals surface area (Å²) in [5.41, 5.74) is 1.00. The molecule has 0 bridgehead atoms. The van der Waals surface area contributed by atoms with Crippen molar-refractivity contribution in [1.29, 1.82) is 0 Å². The summed E-state index contributed by atoms with van der Waals surface area (Å²) in [7, 11) is 0.307. The van der Waals surface area contributed by atoms with Crippen LogP contribution in [0.5, 0.6) is 0 Å². The molecule has 0 amide bonds. The molecule has 0 spiro atoms. The van der Waals surface area contributed by atoms with Gasteiger partial charge in [-0.3, -0.25) is 0 Å². The van der Waals surface area contributed by atoms with Crippen LogP contribution in [-0.2, 0) is 10.0 Å². The molecule has 0 aliphatic rings. The lowest BCUT2D eigenvalue weighted by atomic mass is 10.1. The molecule has 2 aromatic carbocycles. The average Bonchev–Trinajstić information content (AvgIpc) is 2.57. The maximum Gasteiger partial charge on any atom is 0.242 e. The van der Waals surface area contributed by atoms with Gasteiger partial charge in [0.05, 0.1) is 11.1 Å². The second-order valence-electron chi connectivity index (χ2n) is 6.06. The highest BCUT2D eigenvalue weighted by atomic mass is 32.2. The van der Waals surface area contributed by atoms with Gasteiger partial charge in [0.15, 0.2) is 0 Å². The van der Waals surface area contributed by atoms with Gasteiger partial charge >= 0.3 is 0 Å². The molecule has 0 aliphatic carbocycles. The van der Waals surface area contributed by atoms with Gasteiger partial charge in [-0.2, -0.15) is 4.72 Å². The molecule has 5 nitrogen and oxygen atoms in total. The van der Waals surface area contributed by atoms with Gasteiger partial charge in [-0.1, -0.05) is 38.1 Å². The van der Waals surface area contributed by atoms with Gasteiger partial charge in [0.25, 0.3) is 0 Å². The van der Waals surface area contributed by atoms with Crippen molar-refractivity contribution in [3.8, 4) is 0 Å². The Morgan fingerprint density at radius 1 is 1.04 bits per heavy atom. The zero-order chi connectivity index (χ0) is 17.7. The van der Waals surface area contributed by atoms with E-state index >= 15 is 0 Å². The Morgan fingerprint density at radius 3 is 2.33 bits per heavy atom. The fourth-order valence-corrected chi connectivity index (χ4v) is 4.20. The van der Waals surface area contributed by atoms with Crippen molar-refractivity contribution in [2.24, 2.45) is 0 Å². The first kappa shape index (κ1) is 18.7. The standard InChI is InChI=1S/C18H27N3O2S/c1-5-13-19-18(6-2)20-24(22,23)17-12-8-9-14-15(17)10-7-11-16(14)21(3)4/h7-12,18-20H,5-6,13H2,1-4H3. The van der Waals surface area contributed by atoms with Crippen LogP contribution in [0.1, 0.15) is 26.7 Å². The highest BCUT2D eigenvalue weighted by molar-refractivity contribution is 7.89. The van der Waals surface area contributed by atoms with Gasteiger partial charge in [0, 0.05) is 30.6 Å². The van der Waals surface area contributed by atoms with E-state index in [0.717, 1.165) is 29.4 Å². The molecule has 0 radical (unpaired) electrons. The van der Waals surface area contributed by atoms with E-state index in [1.807, 2.05) is 50.2 Å². The second kappa shape index (κ2) is 7.96. The number of nitrogens with one attached hydrogen (secondary N) is 2. The number of rotatable bonds is 8. The van der Waals surface area contributed by atoms with Crippen molar-refractivity contribution < 1.29 is 8.42 Å². The first-order valence-electron chi connectivity index (χ1n) is 8.35. The van der Waals surface area contributed by atoms with Crippen LogP contribution in [0.25, 0.3) is 10.8 Å². The molecule has 0 aliphatic heterocycles. The number of nitrogens with zero attached hydrogens (tertiary/aromatic N) is 1. The summed E-state index contributed by atoms with van der Waals surface area (Å²) in [6.07, 6.45) is 1.38. The van der Waals surface area contributed by atoms with Gasteiger partial charge in [0.1, 0.15) is 0 Å². The maximum absolute atomic E-state index is 12.9. The third kappa shape index (κ3) is 4.06. The minimum absolute atomic E-state index is 0.262. The molecule has 0 fully saturated rings. The minimum Gasteiger partial charge on any atom is -0.377 e. The first-order valence-corrected chi connectivity index (χ1v) is 9.83.